The number of rotatable bonds is 5. The Bertz CT molecular complexity index is 519. The normalized spacial score (nSPS) is 9.75. The van der Waals surface area contributed by atoms with Crippen LogP contribution >= 0.6 is 0 Å². The number of nitrogens with zero attached hydrogens (tertiary/aromatic N) is 1. The summed E-state index contributed by atoms with van der Waals surface area (Å²) in [6.07, 6.45) is 0. The first-order valence-electron chi connectivity index (χ1n) is 5.80. The summed E-state index contributed by atoms with van der Waals surface area (Å²) in [5, 5.41) is 2.37. The zero-order valence-electron chi connectivity index (χ0n) is 11.2. The molecule has 0 fully saturated rings. The van der Waals surface area contributed by atoms with Crippen LogP contribution in [0, 0.1) is 5.82 Å². The Kier molecular flexibility index (Phi) is 5.64. The molecule has 108 valence electrons. The number of halogens is 1. The predicted octanol–water partition coefficient (Wildman–Crippen LogP) is 0.534. The summed E-state index contributed by atoms with van der Waals surface area (Å²) in [6, 6.07) is 5.47. The average Bonchev–Trinajstić information content (AvgIpc) is 2.42. The monoisotopic (exact) mass is 282 g/mol. The minimum absolute atomic E-state index is 0.130. The molecule has 0 aromatic heterocycles. The molecule has 0 saturated carbocycles. The van der Waals surface area contributed by atoms with Gasteiger partial charge in [0.05, 0.1) is 19.3 Å². The second-order valence-electron chi connectivity index (χ2n) is 3.94. The summed E-state index contributed by atoms with van der Waals surface area (Å²) in [6.45, 7) is 0.749. The molecule has 0 spiro atoms. The summed E-state index contributed by atoms with van der Waals surface area (Å²) >= 11 is 0. The second kappa shape index (κ2) is 7.22. The molecule has 0 aliphatic rings. The third kappa shape index (κ3) is 4.34. The average molecular weight is 282 g/mol. The van der Waals surface area contributed by atoms with Crippen LogP contribution in [0.1, 0.15) is 17.3 Å². The van der Waals surface area contributed by atoms with Crippen LogP contribution in [0.4, 0.5) is 4.39 Å². The van der Waals surface area contributed by atoms with Crippen LogP contribution in [0.3, 0.4) is 0 Å². The summed E-state index contributed by atoms with van der Waals surface area (Å²) in [5.74, 6) is -2.35. The van der Waals surface area contributed by atoms with Gasteiger partial charge in [-0.25, -0.2) is 4.39 Å². The van der Waals surface area contributed by atoms with E-state index in [0.29, 0.717) is 0 Å². The van der Waals surface area contributed by atoms with E-state index in [-0.39, 0.29) is 18.8 Å². The fraction of sp³-hybridized carbons (Fsp3) is 0.308. The minimum Gasteiger partial charge on any atom is -0.468 e. The number of carbonyl (C=O) groups is 3. The van der Waals surface area contributed by atoms with Crippen LogP contribution in [0.2, 0.25) is 0 Å². The third-order valence-electron chi connectivity index (χ3n) is 2.54. The SMILES string of the molecule is COC(=O)CN(CNC(=O)c1ccccc1F)C(C)=O. The van der Waals surface area contributed by atoms with E-state index in [1.807, 2.05) is 0 Å². The fourth-order valence-electron chi connectivity index (χ4n) is 1.41. The Hall–Kier alpha value is -2.44. The van der Waals surface area contributed by atoms with Crippen LogP contribution in [-0.2, 0) is 14.3 Å². The lowest BCUT2D eigenvalue weighted by Crippen LogP contribution is -2.43. The largest absolute Gasteiger partial charge is 0.468 e. The highest BCUT2D eigenvalue weighted by Crippen LogP contribution is 2.05. The van der Waals surface area contributed by atoms with Gasteiger partial charge in [-0.05, 0) is 12.1 Å². The van der Waals surface area contributed by atoms with Crippen molar-refractivity contribution in [3.8, 4) is 0 Å². The van der Waals surface area contributed by atoms with Crippen molar-refractivity contribution in [1.29, 1.82) is 0 Å². The quantitative estimate of drug-likeness (QED) is 0.631. The molecule has 6 nitrogen and oxygen atoms in total. The predicted molar refractivity (Wildman–Crippen MR) is 68.1 cm³/mol. The Morgan fingerprint density at radius 1 is 1.30 bits per heavy atom. The molecular weight excluding hydrogens is 267 g/mol. The fourth-order valence-corrected chi connectivity index (χ4v) is 1.41. The van der Waals surface area contributed by atoms with Gasteiger partial charge < -0.3 is 15.0 Å². The van der Waals surface area contributed by atoms with Crippen molar-refractivity contribution in [2.45, 2.75) is 6.92 Å². The number of benzene rings is 1. The van der Waals surface area contributed by atoms with Crippen molar-refractivity contribution in [1.82, 2.24) is 10.2 Å². The highest BCUT2D eigenvalue weighted by atomic mass is 19.1. The summed E-state index contributed by atoms with van der Waals surface area (Å²) in [4.78, 5) is 35.2. The first-order valence-corrected chi connectivity index (χ1v) is 5.80. The van der Waals surface area contributed by atoms with Gasteiger partial charge in [-0.2, -0.15) is 0 Å². The minimum atomic E-state index is -0.667. The number of esters is 1. The Morgan fingerprint density at radius 2 is 1.95 bits per heavy atom. The highest BCUT2D eigenvalue weighted by molar-refractivity contribution is 5.94. The van der Waals surface area contributed by atoms with Crippen LogP contribution in [0.15, 0.2) is 24.3 Å². The third-order valence-corrected chi connectivity index (χ3v) is 2.54. The number of methoxy groups -OCH3 is 1. The summed E-state index contributed by atoms with van der Waals surface area (Å²) in [7, 11) is 1.19. The van der Waals surface area contributed by atoms with Crippen LogP contribution in [-0.4, -0.2) is 43.0 Å². The Balaban J connectivity index is 2.64. The molecule has 0 heterocycles. The number of nitrogens with one attached hydrogen (secondary N) is 1. The molecule has 0 atom stereocenters. The molecule has 7 heteroatoms. The van der Waals surface area contributed by atoms with E-state index in [2.05, 4.69) is 10.1 Å². The van der Waals surface area contributed by atoms with Crippen LogP contribution in [0.5, 0.6) is 0 Å². The Labute approximate surface area is 115 Å². The van der Waals surface area contributed by atoms with Crippen LogP contribution in [0.25, 0.3) is 0 Å². The second-order valence-corrected chi connectivity index (χ2v) is 3.94. The number of hydrogen-bond donors (Lipinski definition) is 1. The smallest absolute Gasteiger partial charge is 0.325 e. The van der Waals surface area contributed by atoms with Crippen molar-refractivity contribution >= 4 is 17.8 Å². The molecule has 0 aliphatic heterocycles. The molecule has 0 saturated heterocycles. The summed E-state index contributed by atoms with van der Waals surface area (Å²) in [5.41, 5.74) is -0.130. The van der Waals surface area contributed by atoms with E-state index in [1.165, 1.54) is 32.2 Å². The number of hydrogen-bond acceptors (Lipinski definition) is 4. The van der Waals surface area contributed by atoms with Gasteiger partial charge in [0.2, 0.25) is 5.91 Å². The van der Waals surface area contributed by atoms with Gasteiger partial charge in [0.25, 0.3) is 5.91 Å². The molecule has 1 rings (SSSR count). The van der Waals surface area contributed by atoms with Crippen molar-refractivity contribution in [3.63, 3.8) is 0 Å². The summed E-state index contributed by atoms with van der Waals surface area (Å²) < 4.78 is 17.8. The van der Waals surface area contributed by atoms with E-state index in [1.54, 1.807) is 0 Å². The molecule has 0 unspecified atom stereocenters. The number of ether oxygens (including phenoxy) is 1. The standard InChI is InChI=1S/C13H15FN2O4/c1-9(17)16(7-12(18)20-2)8-15-13(19)10-5-3-4-6-11(10)14/h3-6H,7-8H2,1-2H3,(H,15,19). The molecule has 0 aliphatic carbocycles. The van der Waals surface area contributed by atoms with Crippen molar-refractivity contribution in [2.75, 3.05) is 20.3 Å². The van der Waals surface area contributed by atoms with Gasteiger partial charge in [0.15, 0.2) is 0 Å². The zero-order chi connectivity index (χ0) is 15.1. The lowest BCUT2D eigenvalue weighted by Gasteiger charge is -2.20. The molecule has 0 bridgehead atoms. The van der Waals surface area contributed by atoms with Gasteiger partial charge in [0.1, 0.15) is 12.4 Å². The van der Waals surface area contributed by atoms with E-state index in [4.69, 9.17) is 0 Å². The maximum atomic E-state index is 13.4. The van der Waals surface area contributed by atoms with E-state index < -0.39 is 23.6 Å². The molecule has 1 aromatic carbocycles. The van der Waals surface area contributed by atoms with Gasteiger partial charge in [0, 0.05) is 6.92 Å². The van der Waals surface area contributed by atoms with Gasteiger partial charge in [-0.1, -0.05) is 12.1 Å². The number of carbonyl (C=O) groups excluding carboxylic acids is 3. The topological polar surface area (TPSA) is 75.7 Å². The molecule has 1 aromatic rings. The number of amides is 2. The van der Waals surface area contributed by atoms with Gasteiger partial charge in [-0.15, -0.1) is 0 Å². The molecule has 20 heavy (non-hydrogen) atoms. The van der Waals surface area contributed by atoms with Gasteiger partial charge in [-0.3, -0.25) is 14.4 Å². The van der Waals surface area contributed by atoms with E-state index in [9.17, 15) is 18.8 Å². The first-order chi connectivity index (χ1) is 9.45. The molecule has 2 amide bonds. The highest BCUT2D eigenvalue weighted by Gasteiger charge is 2.16. The van der Waals surface area contributed by atoms with E-state index in [0.717, 1.165) is 11.0 Å². The zero-order valence-corrected chi connectivity index (χ0v) is 11.2. The Morgan fingerprint density at radius 3 is 2.50 bits per heavy atom. The maximum Gasteiger partial charge on any atom is 0.325 e. The molecule has 0 radical (unpaired) electrons. The maximum absolute atomic E-state index is 13.4. The van der Waals surface area contributed by atoms with E-state index >= 15 is 0 Å². The van der Waals surface area contributed by atoms with Crippen molar-refractivity contribution in [2.24, 2.45) is 0 Å². The first kappa shape index (κ1) is 15.6. The molecular formula is C13H15FN2O4. The van der Waals surface area contributed by atoms with Crippen LogP contribution < -0.4 is 5.32 Å². The van der Waals surface area contributed by atoms with Crippen molar-refractivity contribution in [3.05, 3.63) is 35.6 Å². The van der Waals surface area contributed by atoms with Gasteiger partial charge >= 0.3 is 5.97 Å². The lowest BCUT2D eigenvalue weighted by molar-refractivity contribution is -0.146. The lowest BCUT2D eigenvalue weighted by atomic mass is 10.2. The van der Waals surface area contributed by atoms with Crippen molar-refractivity contribution < 1.29 is 23.5 Å². The molecule has 1 N–H and O–H groups in total.